The van der Waals surface area contributed by atoms with Crippen molar-refractivity contribution in [2.24, 2.45) is 0 Å². The van der Waals surface area contributed by atoms with Crippen molar-refractivity contribution >= 4 is 40.6 Å². The number of amides is 1. The Morgan fingerprint density at radius 2 is 1.69 bits per heavy atom. The fourth-order valence-electron chi connectivity index (χ4n) is 3.60. The molecule has 35 heavy (non-hydrogen) atoms. The molecule has 6 nitrogen and oxygen atoms in total. The number of nitrogens with zero attached hydrogens (tertiary/aromatic N) is 3. The average Bonchev–Trinajstić information content (AvgIpc) is 2.89. The monoisotopic (exact) mass is 507 g/mol. The number of esters is 1. The number of carbonyl (C=O) groups is 2. The van der Waals surface area contributed by atoms with Crippen LogP contribution in [0.25, 0.3) is 0 Å². The molecule has 0 bridgehead atoms. The predicted molar refractivity (Wildman–Crippen MR) is 124 cm³/mol. The third kappa shape index (κ3) is 4.84. The molecule has 3 rings (SSSR count). The van der Waals surface area contributed by atoms with Crippen LogP contribution >= 0.6 is 12.2 Å². The molecule has 0 aliphatic carbocycles. The van der Waals surface area contributed by atoms with Crippen LogP contribution in [-0.2, 0) is 15.7 Å². The van der Waals surface area contributed by atoms with Gasteiger partial charge >= 0.3 is 12.1 Å². The quantitative estimate of drug-likeness (QED) is 0.307. The molecule has 0 radical (unpaired) electrons. The van der Waals surface area contributed by atoms with Crippen LogP contribution in [0.5, 0.6) is 0 Å². The Bertz CT molecular complexity index is 1280. The van der Waals surface area contributed by atoms with E-state index < -0.39 is 46.1 Å². The summed E-state index contributed by atoms with van der Waals surface area (Å²) < 4.78 is 60.4. The molecular weight excluding hydrogens is 486 g/mol. The molecule has 0 spiro atoms. The molecule has 0 unspecified atom stereocenters. The van der Waals surface area contributed by atoms with Gasteiger partial charge in [-0.1, -0.05) is 0 Å². The smallest absolute Gasteiger partial charge is 0.417 e. The third-order valence-electron chi connectivity index (χ3n) is 5.18. The summed E-state index contributed by atoms with van der Waals surface area (Å²) in [4.78, 5) is 27.7. The van der Waals surface area contributed by atoms with Gasteiger partial charge in [0.2, 0.25) is 0 Å². The van der Waals surface area contributed by atoms with E-state index in [4.69, 9.17) is 22.2 Å². The average molecular weight is 508 g/mol. The van der Waals surface area contributed by atoms with Crippen LogP contribution in [0.4, 0.5) is 28.9 Å². The zero-order valence-electron chi connectivity index (χ0n) is 19.5. The molecule has 0 aromatic heterocycles. The van der Waals surface area contributed by atoms with Crippen LogP contribution in [0.1, 0.15) is 56.1 Å². The van der Waals surface area contributed by atoms with Crippen molar-refractivity contribution in [3.63, 3.8) is 0 Å². The summed E-state index contributed by atoms with van der Waals surface area (Å²) in [6.45, 7) is 7.87. The summed E-state index contributed by atoms with van der Waals surface area (Å²) in [6, 6.07) is 7.86. The minimum Gasteiger partial charge on any atom is -0.456 e. The van der Waals surface area contributed by atoms with E-state index >= 15 is 0 Å². The third-order valence-corrected chi connectivity index (χ3v) is 5.55. The Morgan fingerprint density at radius 3 is 2.20 bits per heavy atom. The fourth-order valence-corrected chi connectivity index (χ4v) is 4.12. The first-order valence-electron chi connectivity index (χ1n) is 10.3. The van der Waals surface area contributed by atoms with Crippen LogP contribution in [0.15, 0.2) is 36.4 Å². The van der Waals surface area contributed by atoms with Crippen molar-refractivity contribution in [3.05, 3.63) is 58.9 Å². The standard InChI is InChI=1S/C24H21F4N3O3S/c1-22(2,3)34-19(32)16-9-8-15(11-18(16)25)31-21(35)30(20(33)23(31,4)5)14-7-6-13(12-29)17(10-14)24(26,27)28/h6-11H,1-5H3. The molecule has 1 amide bonds. The highest BCUT2D eigenvalue weighted by Crippen LogP contribution is 2.40. The van der Waals surface area contributed by atoms with Crippen molar-refractivity contribution in [2.75, 3.05) is 9.80 Å². The van der Waals surface area contributed by atoms with Gasteiger partial charge in [-0.3, -0.25) is 9.69 Å². The first-order chi connectivity index (χ1) is 16.0. The second-order valence-corrected chi connectivity index (χ2v) is 9.69. The maximum atomic E-state index is 14.9. The number of hydrogen-bond donors (Lipinski definition) is 0. The van der Waals surface area contributed by atoms with E-state index in [1.165, 1.54) is 43.0 Å². The highest BCUT2D eigenvalue weighted by atomic mass is 32.1. The molecule has 0 atom stereocenters. The summed E-state index contributed by atoms with van der Waals surface area (Å²) in [6.07, 6.45) is -4.83. The molecule has 2 aromatic carbocycles. The van der Waals surface area contributed by atoms with Crippen LogP contribution in [0.2, 0.25) is 0 Å². The summed E-state index contributed by atoms with van der Waals surface area (Å²) in [7, 11) is 0. The van der Waals surface area contributed by atoms with E-state index in [0.717, 1.165) is 17.0 Å². The van der Waals surface area contributed by atoms with E-state index in [1.807, 2.05) is 0 Å². The molecule has 1 saturated heterocycles. The second-order valence-electron chi connectivity index (χ2n) is 9.32. The van der Waals surface area contributed by atoms with Gasteiger partial charge in [0.05, 0.1) is 28.4 Å². The maximum absolute atomic E-state index is 14.9. The van der Waals surface area contributed by atoms with Crippen LogP contribution < -0.4 is 9.80 Å². The fraction of sp³-hybridized carbons (Fsp3) is 0.333. The molecule has 11 heteroatoms. The zero-order chi connectivity index (χ0) is 26.5. The van der Waals surface area contributed by atoms with E-state index in [-0.39, 0.29) is 22.1 Å². The van der Waals surface area contributed by atoms with Gasteiger partial charge in [0.1, 0.15) is 17.0 Å². The first-order valence-corrected chi connectivity index (χ1v) is 10.7. The molecule has 1 fully saturated rings. The van der Waals surface area contributed by atoms with Gasteiger partial charge in [-0.05, 0) is 83.2 Å². The predicted octanol–water partition coefficient (Wildman–Crippen LogP) is 5.59. The van der Waals surface area contributed by atoms with Crippen molar-refractivity contribution < 1.29 is 31.9 Å². The number of nitriles is 1. The molecule has 1 aliphatic rings. The van der Waals surface area contributed by atoms with E-state index in [9.17, 15) is 27.2 Å². The van der Waals surface area contributed by atoms with Crippen molar-refractivity contribution in [1.29, 1.82) is 5.26 Å². The van der Waals surface area contributed by atoms with Gasteiger partial charge in [0, 0.05) is 5.69 Å². The lowest BCUT2D eigenvalue weighted by Crippen LogP contribution is -2.44. The summed E-state index contributed by atoms with van der Waals surface area (Å²) in [5, 5.41) is 8.84. The van der Waals surface area contributed by atoms with Gasteiger partial charge in [-0.25, -0.2) is 9.18 Å². The lowest BCUT2D eigenvalue weighted by atomic mass is 10.0. The Kier molecular flexibility index (Phi) is 6.42. The van der Waals surface area contributed by atoms with Crippen LogP contribution in [0.3, 0.4) is 0 Å². The van der Waals surface area contributed by atoms with E-state index in [2.05, 4.69) is 0 Å². The molecular formula is C24H21F4N3O3S. The number of ether oxygens (including phenoxy) is 1. The molecule has 184 valence electrons. The summed E-state index contributed by atoms with van der Waals surface area (Å²) >= 11 is 5.42. The Balaban J connectivity index is 2.04. The van der Waals surface area contributed by atoms with Crippen molar-refractivity contribution in [3.8, 4) is 6.07 Å². The Hall–Kier alpha value is -3.52. The highest BCUT2D eigenvalue weighted by molar-refractivity contribution is 7.81. The van der Waals surface area contributed by atoms with Crippen LogP contribution in [-0.4, -0.2) is 28.1 Å². The summed E-state index contributed by atoms with van der Waals surface area (Å²) in [5.41, 5.74) is -4.45. The normalized spacial score (nSPS) is 15.9. The number of rotatable bonds is 3. The van der Waals surface area contributed by atoms with Gasteiger partial charge in [0.15, 0.2) is 5.11 Å². The second kappa shape index (κ2) is 8.61. The van der Waals surface area contributed by atoms with E-state index in [0.29, 0.717) is 6.07 Å². The zero-order valence-corrected chi connectivity index (χ0v) is 20.3. The van der Waals surface area contributed by atoms with Crippen LogP contribution in [0, 0.1) is 17.1 Å². The first kappa shape index (κ1) is 26.1. The number of carbonyl (C=O) groups excluding carboxylic acids is 2. The lowest BCUT2D eigenvalue weighted by Gasteiger charge is -2.29. The molecule has 0 N–H and O–H groups in total. The lowest BCUT2D eigenvalue weighted by molar-refractivity contribution is -0.137. The minimum absolute atomic E-state index is 0.116. The number of anilines is 2. The maximum Gasteiger partial charge on any atom is 0.417 e. The van der Waals surface area contributed by atoms with Crippen molar-refractivity contribution in [2.45, 2.75) is 51.9 Å². The highest BCUT2D eigenvalue weighted by Gasteiger charge is 2.51. The van der Waals surface area contributed by atoms with Gasteiger partial charge < -0.3 is 9.64 Å². The molecule has 1 heterocycles. The SMILES string of the molecule is CC(C)(C)OC(=O)c1ccc(N2C(=S)N(c3ccc(C#N)c(C(F)(F)F)c3)C(=O)C2(C)C)cc1F. The van der Waals surface area contributed by atoms with Crippen molar-refractivity contribution in [1.82, 2.24) is 0 Å². The number of benzene rings is 2. The van der Waals surface area contributed by atoms with Gasteiger partial charge in [0.25, 0.3) is 5.91 Å². The van der Waals surface area contributed by atoms with Gasteiger partial charge in [-0.15, -0.1) is 0 Å². The molecule has 0 saturated carbocycles. The Morgan fingerprint density at radius 1 is 1.09 bits per heavy atom. The largest absolute Gasteiger partial charge is 0.456 e. The van der Waals surface area contributed by atoms with Gasteiger partial charge in [-0.2, -0.15) is 18.4 Å². The summed E-state index contributed by atoms with van der Waals surface area (Å²) in [5.74, 6) is -2.45. The van der Waals surface area contributed by atoms with E-state index in [1.54, 1.807) is 20.8 Å². The topological polar surface area (TPSA) is 73.6 Å². The number of halogens is 4. The Labute approximate surface area is 204 Å². The minimum atomic E-state index is -4.83. The molecule has 2 aromatic rings. The number of thiocarbonyl (C=S) groups is 1. The number of hydrogen-bond acceptors (Lipinski definition) is 5. The number of alkyl halides is 3. The molecule has 1 aliphatic heterocycles.